The second-order valence-corrected chi connectivity index (χ2v) is 23.4. The quantitative estimate of drug-likeness (QED) is 0.501. The van der Waals surface area contributed by atoms with E-state index in [-0.39, 0.29) is 0 Å². The average molecular weight is 329 g/mol. The largest absolute Gasteiger partial charge is 0.0932 e. The first-order valence-corrected chi connectivity index (χ1v) is 17.7. The molecule has 0 aromatic carbocycles. The van der Waals surface area contributed by atoms with Gasteiger partial charge in [0, 0.05) is 21.3 Å². The molecule has 1 heterocycles. The van der Waals surface area contributed by atoms with Gasteiger partial charge in [-0.1, -0.05) is 82.5 Å². The molecule has 0 N–H and O–H groups in total. The van der Waals surface area contributed by atoms with Gasteiger partial charge in [-0.3, -0.25) is 0 Å². The summed E-state index contributed by atoms with van der Waals surface area (Å²) in [6.45, 7) is 15.1. The highest BCUT2D eigenvalue weighted by molar-refractivity contribution is 8.80. The van der Waals surface area contributed by atoms with Gasteiger partial charge in [-0.15, -0.1) is 0 Å². The van der Waals surface area contributed by atoms with Gasteiger partial charge in [0.1, 0.15) is 0 Å². The lowest BCUT2D eigenvalue weighted by Crippen LogP contribution is -2.41. The van der Waals surface area contributed by atoms with Crippen LogP contribution in [0.2, 0.25) is 39.3 Å². The van der Waals surface area contributed by atoms with Crippen molar-refractivity contribution in [2.75, 3.05) is 11.5 Å². The fraction of sp³-hybridized carbons (Fsp3) is 1.00. The molecule has 0 amide bonds. The molecule has 6 heteroatoms. The van der Waals surface area contributed by atoms with Gasteiger partial charge in [0.15, 0.2) is 0 Å². The number of hydrogen-bond donors (Lipinski definition) is 0. The second-order valence-electron chi connectivity index (χ2n) is 6.47. The predicted molar refractivity (Wildman–Crippen MR) is 94.4 cm³/mol. The third-order valence-corrected chi connectivity index (χ3v) is 19.1. The molecule has 16 heavy (non-hydrogen) atoms. The SMILES string of the molecule is C[Si](C)(C)C1CSSCC([Si](C)(C)C)SS1. The number of hydrogen-bond acceptors (Lipinski definition) is 4. The third kappa shape index (κ3) is 5.22. The van der Waals surface area contributed by atoms with Crippen molar-refractivity contribution in [2.45, 2.75) is 49.0 Å². The first kappa shape index (κ1) is 15.9. The first-order valence-electron chi connectivity index (χ1n) is 5.78. The van der Waals surface area contributed by atoms with E-state index in [1.165, 1.54) is 11.5 Å². The molecule has 1 aliphatic rings. The molecule has 0 spiro atoms. The highest BCUT2D eigenvalue weighted by atomic mass is 33.1. The Morgan fingerprint density at radius 1 is 0.688 bits per heavy atom. The van der Waals surface area contributed by atoms with Crippen molar-refractivity contribution >= 4 is 59.3 Å². The van der Waals surface area contributed by atoms with Crippen LogP contribution in [0.25, 0.3) is 0 Å². The Hall–Kier alpha value is 1.83. The first-order chi connectivity index (χ1) is 7.21. The van der Waals surface area contributed by atoms with Gasteiger partial charge in [0.2, 0.25) is 0 Å². The molecule has 0 aromatic heterocycles. The molecule has 0 aromatic rings. The van der Waals surface area contributed by atoms with E-state index in [0.717, 1.165) is 9.75 Å². The third-order valence-electron chi connectivity index (χ3n) is 2.74. The standard InChI is InChI=1S/C10H24S4Si2/c1-15(2,3)9-7-11-12-8-10(14-13-9)16(4,5)6/h9-10H,7-8H2,1-6H3. The van der Waals surface area contributed by atoms with Gasteiger partial charge in [-0.2, -0.15) is 0 Å². The lowest BCUT2D eigenvalue weighted by Gasteiger charge is -2.34. The predicted octanol–water partition coefficient (Wildman–Crippen LogP) is 5.25. The zero-order valence-electron chi connectivity index (χ0n) is 11.2. The van der Waals surface area contributed by atoms with Gasteiger partial charge < -0.3 is 0 Å². The van der Waals surface area contributed by atoms with E-state index in [0.29, 0.717) is 0 Å². The Kier molecular flexibility index (Phi) is 6.28. The fourth-order valence-electron chi connectivity index (χ4n) is 1.20. The molecule has 1 aliphatic heterocycles. The molecule has 0 saturated carbocycles. The van der Waals surface area contributed by atoms with Gasteiger partial charge in [0.05, 0.1) is 16.1 Å². The van der Waals surface area contributed by atoms with E-state index in [9.17, 15) is 0 Å². The van der Waals surface area contributed by atoms with Crippen molar-refractivity contribution in [3.05, 3.63) is 0 Å². The van der Waals surface area contributed by atoms with E-state index in [1.807, 2.05) is 0 Å². The maximum Gasteiger partial charge on any atom is 0.0609 e. The summed E-state index contributed by atoms with van der Waals surface area (Å²) in [6, 6.07) is 0. The summed E-state index contributed by atoms with van der Waals surface area (Å²) < 4.78 is 0. The zero-order chi connectivity index (χ0) is 12.4. The Morgan fingerprint density at radius 2 is 1.00 bits per heavy atom. The highest BCUT2D eigenvalue weighted by Gasteiger charge is 2.34. The van der Waals surface area contributed by atoms with Crippen LogP contribution in [0.1, 0.15) is 0 Å². The lowest BCUT2D eigenvalue weighted by atomic mass is 10.9. The molecule has 0 radical (unpaired) electrons. The molecule has 0 nitrogen and oxygen atoms in total. The van der Waals surface area contributed by atoms with Crippen molar-refractivity contribution in [3.63, 3.8) is 0 Å². The smallest absolute Gasteiger partial charge is 0.0609 e. The molecule has 2 atom stereocenters. The molecule has 96 valence electrons. The lowest BCUT2D eigenvalue weighted by molar-refractivity contribution is 1.31. The van der Waals surface area contributed by atoms with Crippen LogP contribution in [-0.4, -0.2) is 37.4 Å². The molecule has 1 rings (SSSR count). The van der Waals surface area contributed by atoms with Crippen molar-refractivity contribution in [3.8, 4) is 0 Å². The summed E-state index contributed by atoms with van der Waals surface area (Å²) in [5.41, 5.74) is 0. The van der Waals surface area contributed by atoms with Gasteiger partial charge in [-0.25, -0.2) is 0 Å². The molecular formula is C10H24S4Si2. The van der Waals surface area contributed by atoms with E-state index in [1.54, 1.807) is 0 Å². The Morgan fingerprint density at radius 3 is 1.25 bits per heavy atom. The summed E-state index contributed by atoms with van der Waals surface area (Å²) in [7, 11) is 6.73. The Labute approximate surface area is 119 Å². The molecular weight excluding hydrogens is 305 g/mol. The van der Waals surface area contributed by atoms with Crippen LogP contribution >= 0.6 is 43.2 Å². The minimum absolute atomic E-state index is 0.925. The number of rotatable bonds is 2. The molecule has 2 unspecified atom stereocenters. The van der Waals surface area contributed by atoms with Crippen LogP contribution in [0.4, 0.5) is 0 Å². The van der Waals surface area contributed by atoms with Gasteiger partial charge in [0.25, 0.3) is 0 Å². The highest BCUT2D eigenvalue weighted by Crippen LogP contribution is 2.45. The van der Waals surface area contributed by atoms with Crippen LogP contribution in [-0.2, 0) is 0 Å². The monoisotopic (exact) mass is 328 g/mol. The van der Waals surface area contributed by atoms with Gasteiger partial charge in [-0.05, 0) is 0 Å². The van der Waals surface area contributed by atoms with E-state index >= 15 is 0 Å². The Balaban J connectivity index is 2.60. The van der Waals surface area contributed by atoms with E-state index < -0.39 is 16.1 Å². The topological polar surface area (TPSA) is 0 Å². The summed E-state index contributed by atoms with van der Waals surface area (Å²) in [5, 5.41) is 0. The maximum atomic E-state index is 2.52. The van der Waals surface area contributed by atoms with Crippen molar-refractivity contribution < 1.29 is 0 Å². The van der Waals surface area contributed by atoms with Crippen LogP contribution in [0.5, 0.6) is 0 Å². The Bertz CT molecular complexity index is 198. The maximum absolute atomic E-state index is 2.52. The molecule has 1 saturated heterocycles. The van der Waals surface area contributed by atoms with Crippen molar-refractivity contribution in [1.82, 2.24) is 0 Å². The minimum atomic E-state index is -0.976. The van der Waals surface area contributed by atoms with E-state index in [4.69, 9.17) is 0 Å². The fourth-order valence-corrected chi connectivity index (χ4v) is 20.2. The average Bonchev–Trinajstić information content (AvgIpc) is 1.96. The zero-order valence-corrected chi connectivity index (χ0v) is 16.5. The van der Waals surface area contributed by atoms with E-state index in [2.05, 4.69) is 82.5 Å². The molecule has 1 fully saturated rings. The van der Waals surface area contributed by atoms with Crippen LogP contribution < -0.4 is 0 Å². The van der Waals surface area contributed by atoms with Crippen molar-refractivity contribution in [2.24, 2.45) is 0 Å². The normalized spacial score (nSPS) is 29.6. The summed E-state index contributed by atoms with van der Waals surface area (Å²) in [5.74, 6) is 2.72. The molecule has 0 aliphatic carbocycles. The van der Waals surface area contributed by atoms with Crippen LogP contribution in [0, 0.1) is 0 Å². The minimum Gasteiger partial charge on any atom is -0.0932 e. The van der Waals surface area contributed by atoms with Crippen molar-refractivity contribution in [1.29, 1.82) is 0 Å². The van der Waals surface area contributed by atoms with Gasteiger partial charge >= 0.3 is 0 Å². The second kappa shape index (κ2) is 6.32. The van der Waals surface area contributed by atoms with Crippen LogP contribution in [0.3, 0.4) is 0 Å². The summed E-state index contributed by atoms with van der Waals surface area (Å²) in [6.07, 6.45) is 0. The summed E-state index contributed by atoms with van der Waals surface area (Å²) >= 11 is 0. The molecule has 0 bridgehead atoms. The van der Waals surface area contributed by atoms with Crippen LogP contribution in [0.15, 0.2) is 0 Å². The summed E-state index contributed by atoms with van der Waals surface area (Å²) in [4.78, 5) is 1.85.